The van der Waals surface area contributed by atoms with E-state index in [4.69, 9.17) is 14.2 Å². The molecule has 0 atom stereocenters. The summed E-state index contributed by atoms with van der Waals surface area (Å²) in [6.45, 7) is 3.52. The molecule has 0 amide bonds. The second-order valence-corrected chi connectivity index (χ2v) is 9.97. The number of hydrogen-bond acceptors (Lipinski definition) is 7. The first-order valence-corrected chi connectivity index (χ1v) is 11.9. The van der Waals surface area contributed by atoms with Crippen LogP contribution in [-0.2, 0) is 23.0 Å². The Bertz CT molecular complexity index is 1080. The van der Waals surface area contributed by atoms with E-state index in [-0.39, 0.29) is 11.7 Å². The summed E-state index contributed by atoms with van der Waals surface area (Å²) in [5.41, 5.74) is 2.79. The molecular weight excluding hydrogens is 418 g/mol. The molecule has 2 aromatic rings. The van der Waals surface area contributed by atoms with Crippen LogP contribution in [-0.4, -0.2) is 71.3 Å². The van der Waals surface area contributed by atoms with Gasteiger partial charge in [0.2, 0.25) is 22.6 Å². The van der Waals surface area contributed by atoms with Gasteiger partial charge < -0.3 is 24.0 Å². The lowest BCUT2D eigenvalue weighted by Gasteiger charge is -2.36. The predicted molar refractivity (Wildman–Crippen MR) is 117 cm³/mol. The van der Waals surface area contributed by atoms with E-state index < -0.39 is 10.0 Å². The highest BCUT2D eigenvalue weighted by Crippen LogP contribution is 2.51. The third-order valence-corrected chi connectivity index (χ3v) is 8.26. The number of fused-ring (bicyclic) bond motifs is 2. The average Bonchev–Trinajstić information content (AvgIpc) is 3.27. The summed E-state index contributed by atoms with van der Waals surface area (Å²) in [6.07, 6.45) is 0.622. The molecule has 0 aromatic heterocycles. The quantitative estimate of drug-likeness (QED) is 0.712. The fraction of sp³-hybridized carbons (Fsp3) is 0.455. The van der Waals surface area contributed by atoms with E-state index in [1.165, 1.54) is 0 Å². The minimum Gasteiger partial charge on any atom is -0.492 e. The number of anilines is 1. The second-order valence-electron chi connectivity index (χ2n) is 8.10. The molecule has 31 heavy (non-hydrogen) atoms. The monoisotopic (exact) mass is 445 g/mol. The number of benzene rings is 2. The molecule has 0 bridgehead atoms. The highest BCUT2D eigenvalue weighted by Gasteiger charge is 2.40. The molecule has 0 aliphatic carbocycles. The van der Waals surface area contributed by atoms with Gasteiger partial charge in [-0.25, -0.2) is 8.42 Å². The van der Waals surface area contributed by atoms with Crippen LogP contribution in [0.4, 0.5) is 5.69 Å². The number of ether oxygens (including phenoxy) is 3. The Morgan fingerprint density at radius 3 is 2.35 bits per heavy atom. The van der Waals surface area contributed by atoms with Crippen LogP contribution in [0.1, 0.15) is 11.1 Å². The molecule has 166 valence electrons. The lowest BCUT2D eigenvalue weighted by atomic mass is 9.97. The third kappa shape index (κ3) is 3.40. The van der Waals surface area contributed by atoms with Crippen LogP contribution in [0.5, 0.6) is 17.2 Å². The van der Waals surface area contributed by atoms with Gasteiger partial charge in [0.1, 0.15) is 4.90 Å². The number of methoxy groups -OCH3 is 1. The van der Waals surface area contributed by atoms with E-state index in [0.29, 0.717) is 56.4 Å². The molecule has 0 N–H and O–H groups in total. The van der Waals surface area contributed by atoms with Crippen LogP contribution < -0.4 is 19.1 Å². The Labute approximate surface area is 183 Å². The summed E-state index contributed by atoms with van der Waals surface area (Å²) in [5, 5.41) is 0. The Hall–Kier alpha value is -2.49. The van der Waals surface area contributed by atoms with Crippen LogP contribution in [0.3, 0.4) is 0 Å². The summed E-state index contributed by atoms with van der Waals surface area (Å²) in [5.74, 6) is 1.28. The number of likely N-dealkylation sites (N-methyl/N-ethyl adjacent to an activating group) is 1. The lowest BCUT2D eigenvalue weighted by Crippen LogP contribution is -2.49. The van der Waals surface area contributed by atoms with E-state index in [0.717, 1.165) is 23.4 Å². The summed E-state index contributed by atoms with van der Waals surface area (Å²) in [7, 11) is -0.145. The van der Waals surface area contributed by atoms with Crippen molar-refractivity contribution in [3.8, 4) is 17.2 Å². The molecule has 8 nitrogen and oxygen atoms in total. The van der Waals surface area contributed by atoms with Crippen LogP contribution in [0.15, 0.2) is 35.2 Å². The van der Waals surface area contributed by atoms with Gasteiger partial charge in [-0.15, -0.1) is 0 Å². The molecule has 3 aliphatic rings. The van der Waals surface area contributed by atoms with Crippen molar-refractivity contribution in [2.24, 2.45) is 0 Å². The highest BCUT2D eigenvalue weighted by molar-refractivity contribution is 7.89. The Morgan fingerprint density at radius 2 is 1.65 bits per heavy atom. The molecule has 1 fully saturated rings. The molecule has 0 spiro atoms. The van der Waals surface area contributed by atoms with Crippen LogP contribution in [0, 0.1) is 0 Å². The normalized spacial score (nSPS) is 19.4. The van der Waals surface area contributed by atoms with Crippen LogP contribution in [0.2, 0.25) is 0 Å². The first-order valence-electron chi connectivity index (χ1n) is 10.5. The van der Waals surface area contributed by atoms with Gasteiger partial charge in [-0.2, -0.15) is 4.31 Å². The zero-order valence-corrected chi connectivity index (χ0v) is 18.7. The summed E-state index contributed by atoms with van der Waals surface area (Å²) >= 11 is 0. The third-order valence-electron chi connectivity index (χ3n) is 6.27. The van der Waals surface area contributed by atoms with Gasteiger partial charge in [-0.3, -0.25) is 0 Å². The van der Waals surface area contributed by atoms with Crippen molar-refractivity contribution < 1.29 is 22.6 Å². The van der Waals surface area contributed by atoms with E-state index >= 15 is 0 Å². The molecule has 3 aliphatic heterocycles. The second kappa shape index (κ2) is 7.89. The molecule has 3 heterocycles. The topological polar surface area (TPSA) is 71.6 Å². The Kier molecular flexibility index (Phi) is 5.19. The number of para-hydroxylation sites is 1. The predicted octanol–water partition coefficient (Wildman–Crippen LogP) is 1.92. The van der Waals surface area contributed by atoms with Crippen molar-refractivity contribution in [1.29, 1.82) is 0 Å². The van der Waals surface area contributed by atoms with Gasteiger partial charge in [0.15, 0.2) is 11.5 Å². The van der Waals surface area contributed by atoms with E-state index in [1.54, 1.807) is 11.4 Å². The minimum atomic E-state index is -3.75. The maximum Gasteiger partial charge on any atom is 0.247 e. The molecular formula is C22H27N3O5S. The van der Waals surface area contributed by atoms with E-state index in [2.05, 4.69) is 21.9 Å². The Morgan fingerprint density at radius 1 is 0.935 bits per heavy atom. The van der Waals surface area contributed by atoms with Crippen molar-refractivity contribution in [2.45, 2.75) is 17.9 Å². The summed E-state index contributed by atoms with van der Waals surface area (Å²) in [4.78, 5) is 4.63. The zero-order chi connectivity index (χ0) is 21.6. The molecule has 0 radical (unpaired) electrons. The fourth-order valence-electron chi connectivity index (χ4n) is 4.69. The average molecular weight is 446 g/mol. The molecule has 9 heteroatoms. The first kappa shape index (κ1) is 20.4. The zero-order valence-electron chi connectivity index (χ0n) is 17.8. The maximum atomic E-state index is 13.9. The highest BCUT2D eigenvalue weighted by atomic mass is 32.2. The van der Waals surface area contributed by atoms with Gasteiger partial charge in [0.25, 0.3) is 0 Å². The van der Waals surface area contributed by atoms with E-state index in [1.807, 2.05) is 25.2 Å². The number of hydrogen-bond donors (Lipinski definition) is 0. The molecule has 0 saturated carbocycles. The van der Waals surface area contributed by atoms with Gasteiger partial charge in [-0.05, 0) is 31.2 Å². The van der Waals surface area contributed by atoms with Gasteiger partial charge in [-0.1, -0.05) is 18.2 Å². The number of piperazine rings is 1. The van der Waals surface area contributed by atoms with Crippen molar-refractivity contribution >= 4 is 15.7 Å². The molecule has 2 aromatic carbocycles. The Balaban J connectivity index is 1.51. The van der Waals surface area contributed by atoms with Crippen molar-refractivity contribution in [3.63, 3.8) is 0 Å². The molecule has 0 unspecified atom stereocenters. The summed E-state index contributed by atoms with van der Waals surface area (Å²) < 4.78 is 46.3. The largest absolute Gasteiger partial charge is 0.492 e. The van der Waals surface area contributed by atoms with Crippen molar-refractivity contribution in [2.75, 3.05) is 58.6 Å². The molecule has 5 rings (SSSR count). The number of nitrogens with zero attached hydrogens (tertiary/aromatic N) is 3. The van der Waals surface area contributed by atoms with Crippen molar-refractivity contribution in [1.82, 2.24) is 9.21 Å². The number of sulfonamides is 1. The SMILES string of the molecule is COc1c2c(c(S(=O)(=O)N3CCN(c4ccccc4)CC3)c3c1OCO3)CCN(C)C2. The van der Waals surface area contributed by atoms with Gasteiger partial charge in [0, 0.05) is 50.5 Å². The fourth-order valence-corrected chi connectivity index (χ4v) is 6.52. The lowest BCUT2D eigenvalue weighted by molar-refractivity contribution is 0.169. The van der Waals surface area contributed by atoms with Gasteiger partial charge >= 0.3 is 0 Å². The smallest absolute Gasteiger partial charge is 0.247 e. The number of rotatable bonds is 4. The van der Waals surface area contributed by atoms with Crippen LogP contribution >= 0.6 is 0 Å². The van der Waals surface area contributed by atoms with Gasteiger partial charge in [0.05, 0.1) is 7.11 Å². The first-order chi connectivity index (χ1) is 15.0. The van der Waals surface area contributed by atoms with Crippen LogP contribution in [0.25, 0.3) is 0 Å². The van der Waals surface area contributed by atoms with E-state index in [9.17, 15) is 8.42 Å². The van der Waals surface area contributed by atoms with Crippen molar-refractivity contribution in [3.05, 3.63) is 41.5 Å². The maximum absolute atomic E-state index is 13.9. The minimum absolute atomic E-state index is 0.00523. The standard InChI is InChI=1S/C22H27N3O5S/c1-23-9-8-17-18(14-23)19(28-2)20-21(30-15-29-20)22(17)31(26,27)25-12-10-24(11-13-25)16-6-4-3-5-7-16/h3-7H,8-15H2,1-2H3. The summed E-state index contributed by atoms with van der Waals surface area (Å²) in [6, 6.07) is 10.1. The molecule has 1 saturated heterocycles.